The van der Waals surface area contributed by atoms with Crippen molar-refractivity contribution in [1.82, 2.24) is 10.3 Å². The fourth-order valence-electron chi connectivity index (χ4n) is 3.21. The Balaban J connectivity index is 1.43. The molecule has 0 spiro atoms. The number of nitrogens with one attached hydrogen (secondary N) is 3. The van der Waals surface area contributed by atoms with Crippen LogP contribution in [0, 0.1) is 0 Å². The molecule has 4 heteroatoms. The Morgan fingerprint density at radius 1 is 0.852 bits per heavy atom. The Kier molecular flexibility index (Phi) is 4.88. The zero-order chi connectivity index (χ0) is 18.5. The summed E-state index contributed by atoms with van der Waals surface area (Å²) in [7, 11) is 0. The second-order valence-corrected chi connectivity index (χ2v) is 6.40. The highest BCUT2D eigenvalue weighted by atomic mass is 16.1. The van der Waals surface area contributed by atoms with Crippen LogP contribution in [0.25, 0.3) is 10.9 Å². The van der Waals surface area contributed by atoms with Crippen LogP contribution < -0.4 is 10.6 Å². The summed E-state index contributed by atoms with van der Waals surface area (Å²) in [6, 6.07) is 25.6. The molecule has 134 valence electrons. The summed E-state index contributed by atoms with van der Waals surface area (Å²) in [5.74, 6) is -0.0751. The third kappa shape index (κ3) is 3.85. The number of para-hydroxylation sites is 3. The molecule has 0 radical (unpaired) electrons. The predicted molar refractivity (Wildman–Crippen MR) is 111 cm³/mol. The van der Waals surface area contributed by atoms with Gasteiger partial charge in [0.25, 0.3) is 5.91 Å². The zero-order valence-electron chi connectivity index (χ0n) is 14.9. The molecule has 0 aliphatic rings. The Bertz CT molecular complexity index is 1050. The van der Waals surface area contributed by atoms with Gasteiger partial charge in [-0.3, -0.25) is 4.79 Å². The van der Waals surface area contributed by atoms with Gasteiger partial charge in [-0.05, 0) is 42.3 Å². The summed E-state index contributed by atoms with van der Waals surface area (Å²) >= 11 is 0. The quantitative estimate of drug-likeness (QED) is 0.461. The zero-order valence-corrected chi connectivity index (χ0v) is 14.9. The van der Waals surface area contributed by atoms with Gasteiger partial charge in [0.2, 0.25) is 0 Å². The highest BCUT2D eigenvalue weighted by Gasteiger charge is 2.11. The van der Waals surface area contributed by atoms with E-state index < -0.39 is 0 Å². The lowest BCUT2D eigenvalue weighted by molar-refractivity contribution is 0.0955. The van der Waals surface area contributed by atoms with E-state index in [0.717, 1.165) is 23.3 Å². The number of hydrogen-bond donors (Lipinski definition) is 3. The lowest BCUT2D eigenvalue weighted by Gasteiger charge is -2.12. The molecule has 0 saturated carbocycles. The first-order valence-electron chi connectivity index (χ1n) is 9.05. The lowest BCUT2D eigenvalue weighted by atomic mass is 10.1. The Labute approximate surface area is 158 Å². The molecule has 4 rings (SSSR count). The maximum Gasteiger partial charge on any atom is 0.253 e. The van der Waals surface area contributed by atoms with E-state index in [0.29, 0.717) is 12.1 Å². The number of rotatable bonds is 6. The number of carbonyl (C=O) groups excluding carboxylic acids is 1. The molecule has 27 heavy (non-hydrogen) atoms. The van der Waals surface area contributed by atoms with E-state index in [4.69, 9.17) is 0 Å². The SMILES string of the molecule is O=C(NCCc1c[nH]c2ccccc12)c1ccccc1Nc1ccccc1. The number of aromatic amines is 1. The van der Waals surface area contributed by atoms with E-state index in [1.807, 2.05) is 72.9 Å². The molecule has 1 heterocycles. The predicted octanol–water partition coefficient (Wildman–Crippen LogP) is 4.88. The van der Waals surface area contributed by atoms with Gasteiger partial charge in [0.1, 0.15) is 0 Å². The van der Waals surface area contributed by atoms with Crippen molar-refractivity contribution in [2.75, 3.05) is 11.9 Å². The molecule has 0 saturated heterocycles. The minimum atomic E-state index is -0.0751. The molecule has 0 fully saturated rings. The summed E-state index contributed by atoms with van der Waals surface area (Å²) in [6.45, 7) is 0.584. The average molecular weight is 355 g/mol. The van der Waals surface area contributed by atoms with Crippen LogP contribution >= 0.6 is 0 Å². The van der Waals surface area contributed by atoms with Crippen LogP contribution in [0.5, 0.6) is 0 Å². The topological polar surface area (TPSA) is 56.9 Å². The standard InChI is InChI=1S/C23H21N3O/c27-23(24-15-14-17-16-25-21-12-6-4-10-19(17)21)20-11-5-7-13-22(20)26-18-8-2-1-3-9-18/h1-13,16,25-26H,14-15H2,(H,24,27). The summed E-state index contributed by atoms with van der Waals surface area (Å²) in [6.07, 6.45) is 2.80. The average Bonchev–Trinajstić information content (AvgIpc) is 3.12. The van der Waals surface area contributed by atoms with E-state index >= 15 is 0 Å². The Hall–Kier alpha value is -3.53. The second-order valence-electron chi connectivity index (χ2n) is 6.40. The molecule has 0 unspecified atom stereocenters. The van der Waals surface area contributed by atoms with Crippen LogP contribution in [0.4, 0.5) is 11.4 Å². The molecular weight excluding hydrogens is 334 g/mol. The van der Waals surface area contributed by atoms with Crippen molar-refractivity contribution in [3.05, 3.63) is 96.2 Å². The summed E-state index contributed by atoms with van der Waals surface area (Å²) < 4.78 is 0. The Morgan fingerprint density at radius 2 is 1.59 bits per heavy atom. The summed E-state index contributed by atoms with van der Waals surface area (Å²) in [4.78, 5) is 16.0. The van der Waals surface area contributed by atoms with E-state index in [1.54, 1.807) is 0 Å². The number of H-pyrrole nitrogens is 1. The van der Waals surface area contributed by atoms with Crippen LogP contribution in [0.2, 0.25) is 0 Å². The molecule has 1 aromatic heterocycles. The van der Waals surface area contributed by atoms with Gasteiger partial charge in [-0.1, -0.05) is 48.5 Å². The van der Waals surface area contributed by atoms with Gasteiger partial charge >= 0.3 is 0 Å². The van der Waals surface area contributed by atoms with Gasteiger partial charge < -0.3 is 15.6 Å². The molecule has 0 atom stereocenters. The number of anilines is 2. The molecule has 3 N–H and O–H groups in total. The first-order valence-corrected chi connectivity index (χ1v) is 9.05. The van der Waals surface area contributed by atoms with Gasteiger partial charge in [0.05, 0.1) is 11.3 Å². The van der Waals surface area contributed by atoms with Crippen molar-refractivity contribution in [2.24, 2.45) is 0 Å². The summed E-state index contributed by atoms with van der Waals surface area (Å²) in [5.41, 5.74) is 4.72. The van der Waals surface area contributed by atoms with Crippen LogP contribution in [-0.4, -0.2) is 17.4 Å². The highest BCUT2D eigenvalue weighted by molar-refractivity contribution is 6.00. The van der Waals surface area contributed by atoms with E-state index in [2.05, 4.69) is 27.8 Å². The monoisotopic (exact) mass is 355 g/mol. The normalized spacial score (nSPS) is 10.7. The van der Waals surface area contributed by atoms with Crippen LogP contribution in [0.1, 0.15) is 15.9 Å². The van der Waals surface area contributed by atoms with E-state index in [-0.39, 0.29) is 5.91 Å². The van der Waals surface area contributed by atoms with Crippen LogP contribution in [0.3, 0.4) is 0 Å². The highest BCUT2D eigenvalue weighted by Crippen LogP contribution is 2.21. The number of benzene rings is 3. The molecule has 4 nitrogen and oxygen atoms in total. The van der Waals surface area contributed by atoms with Gasteiger partial charge in [0.15, 0.2) is 0 Å². The smallest absolute Gasteiger partial charge is 0.253 e. The van der Waals surface area contributed by atoms with Crippen molar-refractivity contribution in [1.29, 1.82) is 0 Å². The molecule has 4 aromatic rings. The van der Waals surface area contributed by atoms with Gasteiger partial charge in [-0.15, -0.1) is 0 Å². The maximum absolute atomic E-state index is 12.7. The van der Waals surface area contributed by atoms with Crippen molar-refractivity contribution < 1.29 is 4.79 Å². The first kappa shape index (κ1) is 16.9. The minimum absolute atomic E-state index is 0.0751. The molecule has 0 aliphatic carbocycles. The van der Waals surface area contributed by atoms with Gasteiger partial charge in [0, 0.05) is 29.3 Å². The number of hydrogen-bond acceptors (Lipinski definition) is 2. The number of carbonyl (C=O) groups is 1. The molecule has 0 bridgehead atoms. The molecule has 1 amide bonds. The molecule has 0 aliphatic heterocycles. The molecular formula is C23H21N3O. The van der Waals surface area contributed by atoms with Crippen LogP contribution in [0.15, 0.2) is 85.1 Å². The number of aromatic nitrogens is 1. The van der Waals surface area contributed by atoms with E-state index in [9.17, 15) is 4.79 Å². The summed E-state index contributed by atoms with van der Waals surface area (Å²) in [5, 5.41) is 7.56. The third-order valence-electron chi connectivity index (χ3n) is 4.58. The fourth-order valence-corrected chi connectivity index (χ4v) is 3.21. The van der Waals surface area contributed by atoms with Gasteiger partial charge in [-0.25, -0.2) is 0 Å². The first-order chi connectivity index (χ1) is 13.3. The largest absolute Gasteiger partial charge is 0.361 e. The van der Waals surface area contributed by atoms with Crippen molar-refractivity contribution in [3.8, 4) is 0 Å². The van der Waals surface area contributed by atoms with Crippen molar-refractivity contribution in [2.45, 2.75) is 6.42 Å². The lowest BCUT2D eigenvalue weighted by Crippen LogP contribution is -2.26. The maximum atomic E-state index is 12.7. The third-order valence-corrected chi connectivity index (χ3v) is 4.58. The van der Waals surface area contributed by atoms with E-state index in [1.165, 1.54) is 10.9 Å². The van der Waals surface area contributed by atoms with Crippen molar-refractivity contribution in [3.63, 3.8) is 0 Å². The number of amides is 1. The minimum Gasteiger partial charge on any atom is -0.361 e. The number of fused-ring (bicyclic) bond motifs is 1. The van der Waals surface area contributed by atoms with Crippen molar-refractivity contribution >= 4 is 28.2 Å². The molecule has 3 aromatic carbocycles. The Morgan fingerprint density at radius 3 is 2.48 bits per heavy atom. The fraction of sp³-hybridized carbons (Fsp3) is 0.0870. The second kappa shape index (κ2) is 7.79. The van der Waals surface area contributed by atoms with Crippen LogP contribution in [-0.2, 0) is 6.42 Å². The van der Waals surface area contributed by atoms with Gasteiger partial charge in [-0.2, -0.15) is 0 Å².